The fourth-order valence-electron chi connectivity index (χ4n) is 2.53. The number of rotatable bonds is 6. The molecule has 1 saturated heterocycles. The Hall–Kier alpha value is -1.30. The molecule has 1 fully saturated rings. The van der Waals surface area contributed by atoms with Gasteiger partial charge in [-0.1, -0.05) is 30.7 Å². The minimum absolute atomic E-state index is 0.308. The minimum Gasteiger partial charge on any atom is -0.377 e. The number of ether oxygens (including phenoxy) is 1. The van der Waals surface area contributed by atoms with Crippen LogP contribution in [0.4, 0.5) is 5.69 Å². The summed E-state index contributed by atoms with van der Waals surface area (Å²) in [5.74, 6) is -0.387. The molecule has 0 radical (unpaired) electrons. The molecule has 0 bridgehead atoms. The number of carbonyl (C=O) groups is 1. The SMILES string of the molecule is CCCNCc1cccc(Cl)c1N1CCOCC1C(N)=O. The maximum atomic E-state index is 11.7. The van der Waals surface area contributed by atoms with Crippen molar-refractivity contribution in [2.75, 3.05) is 31.2 Å². The average molecular weight is 312 g/mol. The highest BCUT2D eigenvalue weighted by atomic mass is 35.5. The van der Waals surface area contributed by atoms with Crippen molar-refractivity contribution in [3.05, 3.63) is 28.8 Å². The van der Waals surface area contributed by atoms with Gasteiger partial charge in [0.05, 0.1) is 23.9 Å². The fraction of sp³-hybridized carbons (Fsp3) is 0.533. The molecule has 5 nitrogen and oxygen atoms in total. The number of hydrogen-bond donors (Lipinski definition) is 2. The molecule has 21 heavy (non-hydrogen) atoms. The highest BCUT2D eigenvalue weighted by Gasteiger charge is 2.30. The molecule has 1 atom stereocenters. The van der Waals surface area contributed by atoms with E-state index in [9.17, 15) is 4.79 Å². The summed E-state index contributed by atoms with van der Waals surface area (Å²) in [5, 5.41) is 4.01. The highest BCUT2D eigenvalue weighted by molar-refractivity contribution is 6.33. The molecule has 1 aliphatic heterocycles. The summed E-state index contributed by atoms with van der Waals surface area (Å²) in [6.45, 7) is 5.26. The molecule has 1 aliphatic rings. The molecule has 1 amide bonds. The third kappa shape index (κ3) is 3.87. The third-order valence-corrected chi connectivity index (χ3v) is 3.86. The van der Waals surface area contributed by atoms with Crippen LogP contribution in [-0.4, -0.2) is 38.3 Å². The predicted octanol–water partition coefficient (Wildman–Crippen LogP) is 1.53. The van der Waals surface area contributed by atoms with Crippen LogP contribution in [0.3, 0.4) is 0 Å². The summed E-state index contributed by atoms with van der Waals surface area (Å²) in [7, 11) is 0. The van der Waals surface area contributed by atoms with Crippen molar-refractivity contribution in [1.29, 1.82) is 0 Å². The van der Waals surface area contributed by atoms with Gasteiger partial charge in [0.25, 0.3) is 0 Å². The first-order chi connectivity index (χ1) is 10.1. The zero-order valence-electron chi connectivity index (χ0n) is 12.3. The average Bonchev–Trinajstić information content (AvgIpc) is 2.48. The standard InChI is InChI=1S/C15H22ClN3O2/c1-2-6-18-9-11-4-3-5-12(16)14(11)19-7-8-21-10-13(19)15(17)20/h3-5,13,18H,2,6-10H2,1H3,(H2,17,20). The summed E-state index contributed by atoms with van der Waals surface area (Å²) in [6, 6.07) is 5.32. The van der Waals surface area contributed by atoms with Gasteiger partial charge in [-0.25, -0.2) is 0 Å². The number of nitrogens with one attached hydrogen (secondary N) is 1. The molecule has 1 unspecified atom stereocenters. The first kappa shape index (κ1) is 16.1. The smallest absolute Gasteiger partial charge is 0.242 e. The Labute approximate surface area is 130 Å². The summed E-state index contributed by atoms with van der Waals surface area (Å²) in [4.78, 5) is 13.6. The largest absolute Gasteiger partial charge is 0.377 e. The lowest BCUT2D eigenvalue weighted by molar-refractivity contribution is -0.121. The van der Waals surface area contributed by atoms with Gasteiger partial charge in [-0.15, -0.1) is 0 Å². The fourth-order valence-corrected chi connectivity index (χ4v) is 2.83. The maximum absolute atomic E-state index is 11.7. The number of para-hydroxylation sites is 1. The third-order valence-electron chi connectivity index (χ3n) is 3.56. The normalized spacial score (nSPS) is 18.8. The molecule has 3 N–H and O–H groups in total. The van der Waals surface area contributed by atoms with E-state index in [1.54, 1.807) is 0 Å². The van der Waals surface area contributed by atoms with Crippen molar-refractivity contribution in [3.63, 3.8) is 0 Å². The maximum Gasteiger partial charge on any atom is 0.242 e. The lowest BCUT2D eigenvalue weighted by Crippen LogP contribution is -2.53. The number of benzene rings is 1. The van der Waals surface area contributed by atoms with Crippen molar-refractivity contribution in [3.8, 4) is 0 Å². The van der Waals surface area contributed by atoms with Crippen LogP contribution in [0.5, 0.6) is 0 Å². The van der Waals surface area contributed by atoms with E-state index in [4.69, 9.17) is 22.1 Å². The molecule has 1 heterocycles. The number of anilines is 1. The second-order valence-corrected chi connectivity index (χ2v) is 5.52. The van der Waals surface area contributed by atoms with Crippen molar-refractivity contribution in [2.45, 2.75) is 25.9 Å². The lowest BCUT2D eigenvalue weighted by atomic mass is 10.1. The minimum atomic E-state index is -0.469. The predicted molar refractivity (Wildman–Crippen MR) is 84.6 cm³/mol. The zero-order chi connectivity index (χ0) is 15.2. The van der Waals surface area contributed by atoms with E-state index in [2.05, 4.69) is 12.2 Å². The Kier molecular flexibility index (Phi) is 5.85. The number of halogens is 1. The van der Waals surface area contributed by atoms with E-state index >= 15 is 0 Å². The van der Waals surface area contributed by atoms with Crippen LogP contribution in [0.25, 0.3) is 0 Å². The Balaban J connectivity index is 2.29. The molecule has 0 spiro atoms. The molecule has 2 rings (SSSR count). The van der Waals surface area contributed by atoms with Gasteiger partial charge in [0.1, 0.15) is 6.04 Å². The Bertz CT molecular complexity index is 496. The number of nitrogens with zero attached hydrogens (tertiary/aromatic N) is 1. The highest BCUT2D eigenvalue weighted by Crippen LogP contribution is 2.32. The Morgan fingerprint density at radius 1 is 1.57 bits per heavy atom. The van der Waals surface area contributed by atoms with E-state index in [1.807, 2.05) is 23.1 Å². The summed E-state index contributed by atoms with van der Waals surface area (Å²) >= 11 is 6.38. The van der Waals surface area contributed by atoms with Crippen molar-refractivity contribution < 1.29 is 9.53 Å². The van der Waals surface area contributed by atoms with Gasteiger partial charge in [0.15, 0.2) is 0 Å². The monoisotopic (exact) mass is 311 g/mol. The molecular formula is C15H22ClN3O2. The van der Waals surface area contributed by atoms with E-state index in [1.165, 1.54) is 0 Å². The lowest BCUT2D eigenvalue weighted by Gasteiger charge is -2.37. The molecule has 0 aromatic heterocycles. The van der Waals surface area contributed by atoms with Crippen LogP contribution < -0.4 is 16.0 Å². The van der Waals surface area contributed by atoms with Crippen LogP contribution in [-0.2, 0) is 16.1 Å². The quantitative estimate of drug-likeness (QED) is 0.782. The Morgan fingerprint density at radius 3 is 3.10 bits per heavy atom. The molecular weight excluding hydrogens is 290 g/mol. The molecule has 116 valence electrons. The molecule has 0 saturated carbocycles. The molecule has 1 aromatic rings. The molecule has 6 heteroatoms. The summed E-state index contributed by atoms with van der Waals surface area (Å²) in [5.41, 5.74) is 7.45. The van der Waals surface area contributed by atoms with Gasteiger partial charge >= 0.3 is 0 Å². The number of primary amides is 1. The second kappa shape index (κ2) is 7.64. The van der Waals surface area contributed by atoms with Gasteiger partial charge in [-0.2, -0.15) is 0 Å². The van der Waals surface area contributed by atoms with Gasteiger partial charge in [0.2, 0.25) is 5.91 Å². The Morgan fingerprint density at radius 2 is 2.38 bits per heavy atom. The van der Waals surface area contributed by atoms with Crippen molar-refractivity contribution >= 4 is 23.2 Å². The van der Waals surface area contributed by atoms with Crippen LogP contribution in [0.1, 0.15) is 18.9 Å². The van der Waals surface area contributed by atoms with Crippen molar-refractivity contribution in [1.82, 2.24) is 5.32 Å². The first-order valence-electron chi connectivity index (χ1n) is 7.27. The van der Waals surface area contributed by atoms with Crippen LogP contribution >= 0.6 is 11.6 Å². The summed E-state index contributed by atoms with van der Waals surface area (Å²) in [6.07, 6.45) is 1.07. The number of nitrogens with two attached hydrogens (primary N) is 1. The molecule has 0 aliphatic carbocycles. The number of morpholine rings is 1. The van der Waals surface area contributed by atoms with Gasteiger partial charge in [-0.3, -0.25) is 4.79 Å². The zero-order valence-corrected chi connectivity index (χ0v) is 13.0. The van der Waals surface area contributed by atoms with Gasteiger partial charge in [-0.05, 0) is 24.6 Å². The topological polar surface area (TPSA) is 67.6 Å². The van der Waals surface area contributed by atoms with Crippen LogP contribution in [0.15, 0.2) is 18.2 Å². The van der Waals surface area contributed by atoms with Crippen LogP contribution in [0.2, 0.25) is 5.02 Å². The number of amides is 1. The van der Waals surface area contributed by atoms with Gasteiger partial charge < -0.3 is 20.7 Å². The number of carbonyl (C=O) groups excluding carboxylic acids is 1. The van der Waals surface area contributed by atoms with E-state index in [-0.39, 0.29) is 5.91 Å². The molecule has 1 aromatic carbocycles. The van der Waals surface area contributed by atoms with E-state index < -0.39 is 6.04 Å². The second-order valence-electron chi connectivity index (χ2n) is 5.11. The van der Waals surface area contributed by atoms with Gasteiger partial charge in [0, 0.05) is 13.1 Å². The first-order valence-corrected chi connectivity index (χ1v) is 7.64. The van der Waals surface area contributed by atoms with Crippen LogP contribution in [0, 0.1) is 0 Å². The van der Waals surface area contributed by atoms with E-state index in [0.29, 0.717) is 31.3 Å². The number of hydrogen-bond acceptors (Lipinski definition) is 4. The van der Waals surface area contributed by atoms with E-state index in [0.717, 1.165) is 24.2 Å². The summed E-state index contributed by atoms with van der Waals surface area (Å²) < 4.78 is 5.37. The van der Waals surface area contributed by atoms with Crippen molar-refractivity contribution in [2.24, 2.45) is 5.73 Å².